The quantitative estimate of drug-likeness (QED) is 0.611. The average molecular weight is 157 g/mol. The number of aromatic nitrogens is 1. The first-order valence-electron chi connectivity index (χ1n) is 3.69. The molecule has 58 valence electrons. The molecule has 0 aliphatic carbocycles. The van der Waals surface area contributed by atoms with E-state index < -0.39 is 0 Å². The van der Waals surface area contributed by atoms with Crippen LogP contribution in [0.5, 0.6) is 0 Å². The topological polar surface area (TPSA) is 48.7 Å². The van der Waals surface area contributed by atoms with E-state index in [1.807, 2.05) is 12.3 Å². The van der Waals surface area contributed by atoms with Crippen molar-refractivity contribution >= 4 is 6.08 Å². The molecule has 12 heavy (non-hydrogen) atoms. The van der Waals surface area contributed by atoms with Crippen molar-refractivity contribution in [3.05, 3.63) is 35.3 Å². The second kappa shape index (κ2) is 2.67. The van der Waals surface area contributed by atoms with Crippen LogP contribution < -0.4 is 5.32 Å². The SMILES string of the molecule is N#Cc1cncc2c1CNC=C2. The van der Waals surface area contributed by atoms with Crippen LogP contribution >= 0.6 is 0 Å². The lowest BCUT2D eigenvalue weighted by molar-refractivity contribution is 0.851. The van der Waals surface area contributed by atoms with E-state index >= 15 is 0 Å². The monoisotopic (exact) mass is 157 g/mol. The molecular weight excluding hydrogens is 150 g/mol. The summed E-state index contributed by atoms with van der Waals surface area (Å²) in [6.07, 6.45) is 7.16. The molecule has 1 aliphatic heterocycles. The maximum absolute atomic E-state index is 8.75. The number of nitrogens with zero attached hydrogens (tertiary/aromatic N) is 2. The first kappa shape index (κ1) is 6.86. The Morgan fingerprint density at radius 3 is 3.25 bits per heavy atom. The molecule has 1 aromatic rings. The second-order valence-electron chi connectivity index (χ2n) is 2.58. The lowest BCUT2D eigenvalue weighted by atomic mass is 10.0. The molecule has 1 aliphatic rings. The molecule has 3 heteroatoms. The Morgan fingerprint density at radius 1 is 1.50 bits per heavy atom. The highest BCUT2D eigenvalue weighted by Crippen LogP contribution is 2.16. The molecule has 0 atom stereocenters. The van der Waals surface area contributed by atoms with Gasteiger partial charge in [-0.3, -0.25) is 4.98 Å². The summed E-state index contributed by atoms with van der Waals surface area (Å²) < 4.78 is 0. The number of pyridine rings is 1. The van der Waals surface area contributed by atoms with Crippen molar-refractivity contribution in [2.24, 2.45) is 0 Å². The van der Waals surface area contributed by atoms with E-state index in [1.54, 1.807) is 12.4 Å². The van der Waals surface area contributed by atoms with Crippen molar-refractivity contribution in [1.29, 1.82) is 5.26 Å². The van der Waals surface area contributed by atoms with Gasteiger partial charge in [-0.05, 0) is 17.8 Å². The van der Waals surface area contributed by atoms with Crippen LogP contribution in [0.3, 0.4) is 0 Å². The van der Waals surface area contributed by atoms with Gasteiger partial charge in [-0.25, -0.2) is 0 Å². The van der Waals surface area contributed by atoms with E-state index in [0.29, 0.717) is 5.56 Å². The third kappa shape index (κ3) is 0.940. The van der Waals surface area contributed by atoms with E-state index in [4.69, 9.17) is 5.26 Å². The van der Waals surface area contributed by atoms with Gasteiger partial charge in [-0.1, -0.05) is 0 Å². The lowest BCUT2D eigenvalue weighted by Crippen LogP contribution is -2.12. The largest absolute Gasteiger partial charge is 0.387 e. The highest BCUT2D eigenvalue weighted by atomic mass is 14.8. The minimum Gasteiger partial charge on any atom is -0.387 e. The van der Waals surface area contributed by atoms with Gasteiger partial charge >= 0.3 is 0 Å². The molecular formula is C9H7N3. The number of fused-ring (bicyclic) bond motifs is 1. The van der Waals surface area contributed by atoms with Gasteiger partial charge in [0.25, 0.3) is 0 Å². The fourth-order valence-electron chi connectivity index (χ4n) is 1.25. The summed E-state index contributed by atoms with van der Waals surface area (Å²) in [5, 5.41) is 11.8. The first-order valence-corrected chi connectivity index (χ1v) is 3.69. The maximum atomic E-state index is 8.75. The van der Waals surface area contributed by atoms with Gasteiger partial charge in [0.15, 0.2) is 0 Å². The molecule has 0 amide bonds. The van der Waals surface area contributed by atoms with Crippen LogP contribution in [0.2, 0.25) is 0 Å². The molecule has 1 N–H and O–H groups in total. The fourth-order valence-corrected chi connectivity index (χ4v) is 1.25. The van der Waals surface area contributed by atoms with Crippen molar-refractivity contribution < 1.29 is 0 Å². The smallest absolute Gasteiger partial charge is 0.101 e. The Hall–Kier alpha value is -1.82. The summed E-state index contributed by atoms with van der Waals surface area (Å²) in [5.41, 5.74) is 2.73. The predicted octanol–water partition coefficient (Wildman–Crippen LogP) is 1.03. The van der Waals surface area contributed by atoms with Gasteiger partial charge in [-0.15, -0.1) is 0 Å². The molecule has 0 unspecified atom stereocenters. The number of hydrogen-bond acceptors (Lipinski definition) is 3. The van der Waals surface area contributed by atoms with E-state index in [1.165, 1.54) is 0 Å². The number of nitriles is 1. The number of nitrogens with one attached hydrogen (secondary N) is 1. The molecule has 0 radical (unpaired) electrons. The van der Waals surface area contributed by atoms with E-state index in [2.05, 4.69) is 16.4 Å². The maximum Gasteiger partial charge on any atom is 0.101 e. The second-order valence-corrected chi connectivity index (χ2v) is 2.58. The highest BCUT2D eigenvalue weighted by Gasteiger charge is 2.08. The van der Waals surface area contributed by atoms with Crippen molar-refractivity contribution in [2.45, 2.75) is 6.54 Å². The Labute approximate surface area is 70.4 Å². The number of hydrogen-bond donors (Lipinski definition) is 1. The van der Waals surface area contributed by atoms with E-state index in [-0.39, 0.29) is 0 Å². The summed E-state index contributed by atoms with van der Waals surface area (Å²) in [5.74, 6) is 0. The van der Waals surface area contributed by atoms with Crippen molar-refractivity contribution in [1.82, 2.24) is 10.3 Å². The van der Waals surface area contributed by atoms with Crippen molar-refractivity contribution in [3.8, 4) is 6.07 Å². The average Bonchev–Trinajstić information content (AvgIpc) is 2.17. The van der Waals surface area contributed by atoms with Crippen molar-refractivity contribution in [3.63, 3.8) is 0 Å². The van der Waals surface area contributed by atoms with Crippen LogP contribution in [0.15, 0.2) is 18.6 Å². The van der Waals surface area contributed by atoms with Crippen LogP contribution in [-0.4, -0.2) is 4.98 Å². The lowest BCUT2D eigenvalue weighted by Gasteiger charge is -2.11. The Morgan fingerprint density at radius 2 is 2.42 bits per heavy atom. The molecule has 0 spiro atoms. The standard InChI is InChI=1S/C9H7N3/c10-3-8-5-12-4-7-1-2-11-6-9(7)8/h1-2,4-5,11H,6H2. The summed E-state index contributed by atoms with van der Waals surface area (Å²) in [7, 11) is 0. The molecule has 1 aromatic heterocycles. The minimum atomic E-state index is 0.657. The van der Waals surface area contributed by atoms with Crippen LogP contribution in [0.4, 0.5) is 0 Å². The molecule has 2 rings (SSSR count). The van der Waals surface area contributed by atoms with Gasteiger partial charge in [0.05, 0.1) is 5.56 Å². The predicted molar refractivity (Wildman–Crippen MR) is 44.8 cm³/mol. The molecule has 0 saturated carbocycles. The normalized spacial score (nSPS) is 12.9. The van der Waals surface area contributed by atoms with Gasteiger partial charge in [0.2, 0.25) is 0 Å². The molecule has 3 nitrogen and oxygen atoms in total. The zero-order chi connectivity index (χ0) is 8.39. The van der Waals surface area contributed by atoms with E-state index in [9.17, 15) is 0 Å². The Kier molecular flexibility index (Phi) is 1.52. The Balaban J connectivity index is 2.63. The first-order chi connectivity index (χ1) is 5.92. The van der Waals surface area contributed by atoms with Crippen LogP contribution in [0.25, 0.3) is 6.08 Å². The van der Waals surface area contributed by atoms with Gasteiger partial charge in [0.1, 0.15) is 6.07 Å². The van der Waals surface area contributed by atoms with Gasteiger partial charge in [0, 0.05) is 24.5 Å². The highest BCUT2D eigenvalue weighted by molar-refractivity contribution is 5.58. The van der Waals surface area contributed by atoms with Crippen LogP contribution in [0, 0.1) is 11.3 Å². The van der Waals surface area contributed by atoms with E-state index in [0.717, 1.165) is 17.7 Å². The molecule has 0 fully saturated rings. The van der Waals surface area contributed by atoms with Gasteiger partial charge in [-0.2, -0.15) is 5.26 Å². The third-order valence-electron chi connectivity index (χ3n) is 1.87. The minimum absolute atomic E-state index is 0.657. The van der Waals surface area contributed by atoms with Crippen LogP contribution in [0.1, 0.15) is 16.7 Å². The number of rotatable bonds is 0. The fraction of sp³-hybridized carbons (Fsp3) is 0.111. The summed E-state index contributed by atoms with van der Waals surface area (Å²) in [4.78, 5) is 3.97. The zero-order valence-corrected chi connectivity index (χ0v) is 6.41. The van der Waals surface area contributed by atoms with Crippen LogP contribution in [-0.2, 0) is 6.54 Å². The molecule has 0 bridgehead atoms. The zero-order valence-electron chi connectivity index (χ0n) is 6.41. The summed E-state index contributed by atoms with van der Waals surface area (Å²) in [6.45, 7) is 0.719. The summed E-state index contributed by atoms with van der Waals surface area (Å²) in [6, 6.07) is 2.12. The van der Waals surface area contributed by atoms with Gasteiger partial charge < -0.3 is 5.32 Å². The summed E-state index contributed by atoms with van der Waals surface area (Å²) >= 11 is 0. The molecule has 0 aromatic carbocycles. The molecule has 0 saturated heterocycles. The Bertz CT molecular complexity index is 374. The van der Waals surface area contributed by atoms with Crippen molar-refractivity contribution in [2.75, 3.05) is 0 Å². The third-order valence-corrected chi connectivity index (χ3v) is 1.87. The molecule has 2 heterocycles.